The number of amides is 3. The summed E-state index contributed by atoms with van der Waals surface area (Å²) in [6.07, 6.45) is 2.39. The van der Waals surface area contributed by atoms with Gasteiger partial charge in [-0.25, -0.2) is 0 Å². The van der Waals surface area contributed by atoms with E-state index in [1.165, 1.54) is 0 Å². The molecular weight excluding hydrogens is 492 g/mol. The van der Waals surface area contributed by atoms with Crippen LogP contribution in [0.4, 0.5) is 0 Å². The Morgan fingerprint density at radius 3 is 2.94 bits per heavy atom. The first-order chi connectivity index (χ1) is 15.8. The predicted molar refractivity (Wildman–Crippen MR) is 124 cm³/mol. The summed E-state index contributed by atoms with van der Waals surface area (Å²) in [6, 6.07) is 5.38. The van der Waals surface area contributed by atoms with Crippen molar-refractivity contribution in [2.75, 3.05) is 26.3 Å². The lowest BCUT2D eigenvalue weighted by atomic mass is 10.0. The molecule has 2 aromatic rings. The first-order valence-corrected chi connectivity index (χ1v) is 11.7. The molecule has 2 atom stereocenters. The summed E-state index contributed by atoms with van der Waals surface area (Å²) in [6.45, 7) is 3.18. The number of fused-ring (bicyclic) bond motifs is 1. The molecule has 0 bridgehead atoms. The summed E-state index contributed by atoms with van der Waals surface area (Å²) in [5.41, 5.74) is 7.96. The summed E-state index contributed by atoms with van der Waals surface area (Å²) in [5, 5.41) is 2.95. The zero-order chi connectivity index (χ0) is 23.5. The minimum atomic E-state index is -0.567. The Balaban J connectivity index is 1.42. The summed E-state index contributed by atoms with van der Waals surface area (Å²) in [4.78, 5) is 42.2. The third-order valence-corrected chi connectivity index (χ3v) is 6.39. The molecule has 2 unspecified atom stereocenters. The lowest BCUT2D eigenvalue weighted by Crippen LogP contribution is -2.50. The van der Waals surface area contributed by atoms with E-state index < -0.39 is 18.1 Å². The molecule has 4 N–H and O–H groups in total. The number of aryl methyl sites for hydroxylation is 2. The number of benzene rings is 1. The number of aromatic nitrogens is 1. The fraction of sp³-hybridized carbons (Fsp3) is 0.435. The molecule has 1 saturated heterocycles. The molecule has 1 aromatic heterocycles. The Labute approximate surface area is 200 Å². The van der Waals surface area contributed by atoms with E-state index in [0.717, 1.165) is 22.2 Å². The van der Waals surface area contributed by atoms with Crippen LogP contribution in [0.1, 0.15) is 33.6 Å². The molecular formula is C23H27BrN4O5. The van der Waals surface area contributed by atoms with Gasteiger partial charge in [0, 0.05) is 29.5 Å². The van der Waals surface area contributed by atoms with Crippen molar-refractivity contribution in [3.63, 3.8) is 0 Å². The lowest BCUT2D eigenvalue weighted by molar-refractivity contribution is -0.139. The van der Waals surface area contributed by atoms with Gasteiger partial charge < -0.3 is 30.4 Å². The number of H-pyrrole nitrogens is 1. The molecule has 4 rings (SSSR count). The van der Waals surface area contributed by atoms with Gasteiger partial charge in [0.1, 0.15) is 5.75 Å². The fourth-order valence-electron chi connectivity index (χ4n) is 4.30. The van der Waals surface area contributed by atoms with E-state index in [4.69, 9.17) is 15.2 Å². The number of carbonyl (C=O) groups is 3. The number of hydrogen-bond donors (Lipinski definition) is 3. The van der Waals surface area contributed by atoms with E-state index in [-0.39, 0.29) is 24.8 Å². The number of primary amides is 1. The van der Waals surface area contributed by atoms with Crippen LogP contribution < -0.4 is 15.8 Å². The number of hydrogen-bond acceptors (Lipinski definition) is 5. The Kier molecular flexibility index (Phi) is 7.04. The topological polar surface area (TPSA) is 127 Å². The van der Waals surface area contributed by atoms with E-state index in [9.17, 15) is 14.4 Å². The van der Waals surface area contributed by atoms with Crippen molar-refractivity contribution in [1.29, 1.82) is 0 Å². The van der Waals surface area contributed by atoms with Gasteiger partial charge in [-0.2, -0.15) is 0 Å². The van der Waals surface area contributed by atoms with Crippen LogP contribution in [-0.4, -0.2) is 66.1 Å². The highest BCUT2D eigenvalue weighted by atomic mass is 79.9. The van der Waals surface area contributed by atoms with Crippen LogP contribution in [0.15, 0.2) is 28.9 Å². The quantitative estimate of drug-likeness (QED) is 0.552. The smallest absolute Gasteiger partial charge is 0.263 e. The van der Waals surface area contributed by atoms with Crippen molar-refractivity contribution in [2.24, 2.45) is 5.73 Å². The van der Waals surface area contributed by atoms with E-state index in [1.54, 1.807) is 18.0 Å². The maximum atomic E-state index is 13.2. The maximum Gasteiger partial charge on any atom is 0.263 e. The summed E-state index contributed by atoms with van der Waals surface area (Å²) < 4.78 is 12.6. The molecule has 10 heteroatoms. The number of nitrogens with zero attached hydrogens (tertiary/aromatic N) is 1. The Morgan fingerprint density at radius 1 is 1.33 bits per heavy atom. The second-order valence-corrected chi connectivity index (χ2v) is 9.31. The molecule has 176 valence electrons. The van der Waals surface area contributed by atoms with Gasteiger partial charge >= 0.3 is 0 Å². The minimum Gasteiger partial charge on any atom is -0.480 e. The van der Waals surface area contributed by atoms with Gasteiger partial charge in [0.25, 0.3) is 11.8 Å². The normalized spacial score (nSPS) is 20.4. The van der Waals surface area contributed by atoms with Crippen LogP contribution in [-0.2, 0) is 27.2 Å². The Bertz CT molecular complexity index is 1070. The molecule has 0 saturated carbocycles. The summed E-state index contributed by atoms with van der Waals surface area (Å²) in [7, 11) is 0. The number of ether oxygens (including phenoxy) is 2. The van der Waals surface area contributed by atoms with Crippen LogP contribution in [0.2, 0.25) is 0 Å². The van der Waals surface area contributed by atoms with Crippen LogP contribution in [0.5, 0.6) is 5.75 Å². The fourth-order valence-corrected chi connectivity index (χ4v) is 4.71. The van der Waals surface area contributed by atoms with Crippen molar-refractivity contribution < 1.29 is 23.9 Å². The minimum absolute atomic E-state index is 0.0561. The summed E-state index contributed by atoms with van der Waals surface area (Å²) in [5.74, 6) is -0.243. The number of nitrogens with two attached hydrogens (primary N) is 1. The number of halogens is 1. The Hall–Kier alpha value is -2.85. The molecule has 3 heterocycles. The van der Waals surface area contributed by atoms with E-state index in [0.29, 0.717) is 42.9 Å². The van der Waals surface area contributed by atoms with Crippen LogP contribution in [0.3, 0.4) is 0 Å². The van der Waals surface area contributed by atoms with Crippen molar-refractivity contribution >= 4 is 33.7 Å². The van der Waals surface area contributed by atoms with Gasteiger partial charge in [0.05, 0.1) is 31.2 Å². The number of rotatable bonds is 5. The van der Waals surface area contributed by atoms with Crippen LogP contribution in [0, 0.1) is 6.92 Å². The molecule has 0 radical (unpaired) electrons. The first-order valence-electron chi connectivity index (χ1n) is 10.9. The molecule has 0 aliphatic carbocycles. The van der Waals surface area contributed by atoms with E-state index in [1.807, 2.05) is 18.2 Å². The van der Waals surface area contributed by atoms with E-state index >= 15 is 0 Å². The van der Waals surface area contributed by atoms with Gasteiger partial charge in [-0.05, 0) is 49.1 Å². The van der Waals surface area contributed by atoms with Crippen molar-refractivity contribution in [1.82, 2.24) is 15.2 Å². The number of nitrogens with one attached hydrogen (secondary N) is 2. The molecule has 9 nitrogen and oxygen atoms in total. The van der Waals surface area contributed by atoms with Gasteiger partial charge in [0.2, 0.25) is 5.91 Å². The number of aromatic amines is 1. The van der Waals surface area contributed by atoms with Gasteiger partial charge in [0.15, 0.2) is 6.10 Å². The lowest BCUT2D eigenvalue weighted by Gasteiger charge is -2.31. The highest BCUT2D eigenvalue weighted by Gasteiger charge is 2.33. The molecule has 2 aliphatic rings. The first kappa shape index (κ1) is 23.3. The average molecular weight is 519 g/mol. The third kappa shape index (κ3) is 5.39. The van der Waals surface area contributed by atoms with E-state index in [2.05, 4.69) is 26.2 Å². The van der Waals surface area contributed by atoms with Gasteiger partial charge in [-0.15, -0.1) is 0 Å². The second-order valence-electron chi connectivity index (χ2n) is 8.40. The Morgan fingerprint density at radius 2 is 2.15 bits per heavy atom. The molecule has 0 spiro atoms. The average Bonchev–Trinajstić information content (AvgIpc) is 2.98. The maximum absolute atomic E-state index is 13.2. The summed E-state index contributed by atoms with van der Waals surface area (Å²) >= 11 is 3.46. The third-order valence-electron chi connectivity index (χ3n) is 5.89. The zero-order valence-electron chi connectivity index (χ0n) is 18.4. The highest BCUT2D eigenvalue weighted by Crippen LogP contribution is 2.30. The van der Waals surface area contributed by atoms with Crippen molar-refractivity contribution in [2.45, 2.75) is 38.3 Å². The van der Waals surface area contributed by atoms with Crippen molar-refractivity contribution in [3.8, 4) is 5.75 Å². The van der Waals surface area contributed by atoms with Gasteiger partial charge in [-0.1, -0.05) is 15.9 Å². The molecule has 3 amide bonds. The second kappa shape index (κ2) is 9.96. The zero-order valence-corrected chi connectivity index (χ0v) is 19.9. The van der Waals surface area contributed by atoms with Crippen LogP contribution >= 0.6 is 15.9 Å². The van der Waals surface area contributed by atoms with Crippen molar-refractivity contribution in [3.05, 3.63) is 51.3 Å². The molecule has 2 aliphatic heterocycles. The van der Waals surface area contributed by atoms with Crippen LogP contribution in [0.25, 0.3) is 0 Å². The molecule has 1 aromatic carbocycles. The standard InChI is InChI=1S/C23H27BrN4O5/c1-13-10-26-17(9-20(25)29)21(13)22(30)27-16-11-28(6-7-32-12-16)23(31)19-4-2-14-8-15(24)3-5-18(14)33-19/h3,5,8,10,16,19,26H,2,4,6-7,9,11-12H2,1H3,(H2,25,29)(H,27,30). The largest absolute Gasteiger partial charge is 0.480 e. The monoisotopic (exact) mass is 518 g/mol. The highest BCUT2D eigenvalue weighted by molar-refractivity contribution is 9.10. The SMILES string of the molecule is Cc1c[nH]c(CC(N)=O)c1C(=O)NC1COCCN(C(=O)C2CCc3cc(Br)ccc3O2)C1. The van der Waals surface area contributed by atoms with Gasteiger partial charge in [-0.3, -0.25) is 14.4 Å². The number of carbonyl (C=O) groups excluding carboxylic acids is 3. The molecule has 33 heavy (non-hydrogen) atoms. The molecule has 1 fully saturated rings. The predicted octanol–water partition coefficient (Wildman–Crippen LogP) is 1.46.